The van der Waals surface area contributed by atoms with Crippen molar-refractivity contribution >= 4 is 17.8 Å². The zero-order chi connectivity index (χ0) is 16.4. The highest BCUT2D eigenvalue weighted by Gasteiger charge is 2.43. The van der Waals surface area contributed by atoms with Gasteiger partial charge in [-0.05, 0) is 31.5 Å². The van der Waals surface area contributed by atoms with Gasteiger partial charge in [-0.2, -0.15) is 0 Å². The Morgan fingerprint density at radius 1 is 1.13 bits per heavy atom. The van der Waals surface area contributed by atoms with Crippen LogP contribution < -0.4 is 0 Å². The van der Waals surface area contributed by atoms with E-state index >= 15 is 0 Å². The van der Waals surface area contributed by atoms with Gasteiger partial charge in [0.05, 0.1) is 24.9 Å². The van der Waals surface area contributed by atoms with Crippen molar-refractivity contribution in [2.24, 2.45) is 5.92 Å². The molecule has 2 saturated heterocycles. The molecule has 0 bridgehead atoms. The van der Waals surface area contributed by atoms with E-state index in [1.807, 2.05) is 35.2 Å². The molecule has 6 heteroatoms. The summed E-state index contributed by atoms with van der Waals surface area (Å²) >= 11 is 0. The largest absolute Gasteiger partial charge is 0.481 e. The van der Waals surface area contributed by atoms with E-state index in [-0.39, 0.29) is 24.2 Å². The summed E-state index contributed by atoms with van der Waals surface area (Å²) in [5.74, 6) is -1.42. The molecule has 0 spiro atoms. The van der Waals surface area contributed by atoms with E-state index in [0.717, 1.165) is 5.56 Å². The van der Waals surface area contributed by atoms with Crippen LogP contribution >= 0.6 is 0 Å². The van der Waals surface area contributed by atoms with Crippen molar-refractivity contribution in [3.63, 3.8) is 0 Å². The number of carboxylic acids is 1. The lowest BCUT2D eigenvalue weighted by molar-refractivity contribution is -0.143. The highest BCUT2D eigenvalue weighted by atomic mass is 16.4. The average Bonchev–Trinajstić information content (AvgIpc) is 2.84. The molecule has 2 heterocycles. The van der Waals surface area contributed by atoms with Crippen LogP contribution in [0.2, 0.25) is 0 Å². The summed E-state index contributed by atoms with van der Waals surface area (Å²) in [6, 6.07) is 9.02. The predicted molar refractivity (Wildman–Crippen MR) is 82.3 cm³/mol. The van der Waals surface area contributed by atoms with Crippen molar-refractivity contribution in [3.8, 4) is 0 Å². The van der Waals surface area contributed by atoms with Crippen LogP contribution in [-0.2, 0) is 20.9 Å². The topological polar surface area (TPSA) is 77.9 Å². The van der Waals surface area contributed by atoms with E-state index in [2.05, 4.69) is 0 Å². The summed E-state index contributed by atoms with van der Waals surface area (Å²) in [7, 11) is 0. The molecule has 0 aromatic heterocycles. The highest BCUT2D eigenvalue weighted by Crippen LogP contribution is 2.26. The fourth-order valence-corrected chi connectivity index (χ4v) is 3.34. The van der Waals surface area contributed by atoms with Crippen LogP contribution in [0.4, 0.5) is 0 Å². The SMILES string of the molecule is O=C(O)C1CCN([C@@H]2CC(=O)N(Cc3ccccc3)C2=O)CC1. The first-order valence-corrected chi connectivity index (χ1v) is 7.91. The number of carbonyl (C=O) groups excluding carboxylic acids is 2. The number of benzene rings is 1. The fraction of sp³-hybridized carbons (Fsp3) is 0.471. The molecule has 23 heavy (non-hydrogen) atoms. The summed E-state index contributed by atoms with van der Waals surface area (Å²) in [5.41, 5.74) is 0.930. The first-order chi connectivity index (χ1) is 11.1. The van der Waals surface area contributed by atoms with Crippen molar-refractivity contribution in [2.75, 3.05) is 13.1 Å². The number of hydrogen-bond donors (Lipinski definition) is 1. The molecule has 2 fully saturated rings. The van der Waals surface area contributed by atoms with Gasteiger partial charge >= 0.3 is 5.97 Å². The second-order valence-electron chi connectivity index (χ2n) is 6.17. The van der Waals surface area contributed by atoms with Gasteiger partial charge < -0.3 is 5.11 Å². The highest BCUT2D eigenvalue weighted by molar-refractivity contribution is 6.05. The Morgan fingerprint density at radius 3 is 2.39 bits per heavy atom. The zero-order valence-electron chi connectivity index (χ0n) is 12.9. The minimum absolute atomic E-state index is 0.149. The normalized spacial score (nSPS) is 23.5. The molecule has 2 aliphatic heterocycles. The Kier molecular flexibility index (Phi) is 4.43. The standard InChI is InChI=1S/C17H20N2O4/c20-15-10-14(18-8-6-13(7-9-18)17(22)23)16(21)19(15)11-12-4-2-1-3-5-12/h1-5,13-14H,6-11H2,(H,22,23)/t14-/m1/s1. The Hall–Kier alpha value is -2.21. The molecule has 6 nitrogen and oxygen atoms in total. The third kappa shape index (κ3) is 3.27. The molecule has 0 unspecified atom stereocenters. The summed E-state index contributed by atoms with van der Waals surface area (Å²) in [4.78, 5) is 39.1. The van der Waals surface area contributed by atoms with E-state index in [9.17, 15) is 14.4 Å². The summed E-state index contributed by atoms with van der Waals surface area (Å²) < 4.78 is 0. The van der Waals surface area contributed by atoms with Crippen LogP contribution in [0.3, 0.4) is 0 Å². The molecule has 0 radical (unpaired) electrons. The fourth-order valence-electron chi connectivity index (χ4n) is 3.34. The Labute approximate surface area is 134 Å². The van der Waals surface area contributed by atoms with Gasteiger partial charge in [0.15, 0.2) is 0 Å². The van der Waals surface area contributed by atoms with Crippen LogP contribution in [0.25, 0.3) is 0 Å². The van der Waals surface area contributed by atoms with E-state index in [1.165, 1.54) is 4.90 Å². The summed E-state index contributed by atoms with van der Waals surface area (Å²) in [6.45, 7) is 1.42. The van der Waals surface area contributed by atoms with Crippen molar-refractivity contribution in [1.29, 1.82) is 0 Å². The lowest BCUT2D eigenvalue weighted by atomic mass is 9.96. The molecule has 0 aliphatic carbocycles. The van der Waals surface area contributed by atoms with Gasteiger partial charge in [0.25, 0.3) is 0 Å². The molecule has 122 valence electrons. The van der Waals surface area contributed by atoms with Gasteiger partial charge in [0.2, 0.25) is 11.8 Å². The van der Waals surface area contributed by atoms with Gasteiger partial charge in [0, 0.05) is 0 Å². The molecule has 2 amide bonds. The first kappa shape index (κ1) is 15.7. The van der Waals surface area contributed by atoms with Crippen molar-refractivity contribution in [2.45, 2.75) is 31.8 Å². The predicted octanol–water partition coefficient (Wildman–Crippen LogP) is 1.11. The second kappa shape index (κ2) is 6.50. The van der Waals surface area contributed by atoms with Crippen LogP contribution in [0, 0.1) is 5.92 Å². The van der Waals surface area contributed by atoms with Crippen molar-refractivity contribution < 1.29 is 19.5 Å². The van der Waals surface area contributed by atoms with E-state index in [0.29, 0.717) is 32.5 Å². The number of aliphatic carboxylic acids is 1. The van der Waals surface area contributed by atoms with Crippen LogP contribution in [0.15, 0.2) is 30.3 Å². The minimum atomic E-state index is -0.774. The first-order valence-electron chi connectivity index (χ1n) is 7.91. The van der Waals surface area contributed by atoms with Crippen LogP contribution in [0.1, 0.15) is 24.8 Å². The second-order valence-corrected chi connectivity index (χ2v) is 6.17. The Bertz CT molecular complexity index is 608. The van der Waals surface area contributed by atoms with Gasteiger partial charge in [0.1, 0.15) is 0 Å². The number of hydrogen-bond acceptors (Lipinski definition) is 4. The number of carbonyl (C=O) groups is 3. The van der Waals surface area contributed by atoms with Gasteiger partial charge in [-0.3, -0.25) is 24.2 Å². The van der Waals surface area contributed by atoms with Crippen LogP contribution in [0.5, 0.6) is 0 Å². The van der Waals surface area contributed by atoms with Crippen molar-refractivity contribution in [1.82, 2.24) is 9.80 Å². The zero-order valence-corrected chi connectivity index (χ0v) is 12.9. The van der Waals surface area contributed by atoms with E-state index < -0.39 is 12.0 Å². The number of rotatable bonds is 4. The lowest BCUT2D eigenvalue weighted by Crippen LogP contribution is -2.46. The third-order valence-corrected chi connectivity index (χ3v) is 4.72. The molecule has 1 aromatic rings. The van der Waals surface area contributed by atoms with E-state index in [1.54, 1.807) is 0 Å². The smallest absolute Gasteiger partial charge is 0.306 e. The number of piperidine rings is 1. The maximum absolute atomic E-state index is 12.6. The molecular formula is C17H20N2O4. The number of likely N-dealkylation sites (tertiary alicyclic amines) is 2. The molecule has 3 rings (SSSR count). The van der Waals surface area contributed by atoms with Gasteiger partial charge in [-0.25, -0.2) is 0 Å². The number of imide groups is 1. The molecular weight excluding hydrogens is 296 g/mol. The monoisotopic (exact) mass is 316 g/mol. The van der Waals surface area contributed by atoms with Gasteiger partial charge in [-0.1, -0.05) is 30.3 Å². The molecule has 1 atom stereocenters. The lowest BCUT2D eigenvalue weighted by Gasteiger charge is -2.33. The maximum atomic E-state index is 12.6. The Balaban J connectivity index is 1.64. The van der Waals surface area contributed by atoms with Crippen LogP contribution in [-0.4, -0.2) is 51.8 Å². The number of amides is 2. The molecule has 1 aromatic carbocycles. The number of carboxylic acid groups (broad SMARTS) is 1. The summed E-state index contributed by atoms with van der Waals surface area (Å²) in [6.07, 6.45) is 1.27. The van der Waals surface area contributed by atoms with Crippen molar-refractivity contribution in [3.05, 3.63) is 35.9 Å². The third-order valence-electron chi connectivity index (χ3n) is 4.72. The molecule has 2 aliphatic rings. The number of nitrogens with zero attached hydrogens (tertiary/aromatic N) is 2. The minimum Gasteiger partial charge on any atom is -0.481 e. The van der Waals surface area contributed by atoms with E-state index in [4.69, 9.17) is 5.11 Å². The Morgan fingerprint density at radius 2 is 1.78 bits per heavy atom. The molecule has 1 N–H and O–H groups in total. The summed E-state index contributed by atoms with van der Waals surface area (Å²) in [5, 5.41) is 9.04. The molecule has 0 saturated carbocycles. The quantitative estimate of drug-likeness (QED) is 0.842. The average molecular weight is 316 g/mol. The van der Waals surface area contributed by atoms with Gasteiger partial charge in [-0.15, -0.1) is 0 Å². The maximum Gasteiger partial charge on any atom is 0.306 e.